The maximum Gasteiger partial charge on any atom is 0.251 e. The van der Waals surface area contributed by atoms with E-state index in [0.717, 1.165) is 16.3 Å². The highest BCUT2D eigenvalue weighted by molar-refractivity contribution is 7.98. The fourth-order valence-electron chi connectivity index (χ4n) is 3.69. The van der Waals surface area contributed by atoms with Crippen LogP contribution in [0.4, 0.5) is 0 Å². The number of aromatic nitrogens is 1. The largest absolute Gasteiger partial charge is 0.347 e. The van der Waals surface area contributed by atoms with Crippen molar-refractivity contribution in [1.82, 2.24) is 20.1 Å². The van der Waals surface area contributed by atoms with Crippen molar-refractivity contribution in [2.45, 2.75) is 29.3 Å². The van der Waals surface area contributed by atoms with Crippen LogP contribution in [0, 0.1) is 0 Å². The van der Waals surface area contributed by atoms with Gasteiger partial charge in [0.1, 0.15) is 6.04 Å². The van der Waals surface area contributed by atoms with Crippen LogP contribution in [0.3, 0.4) is 0 Å². The van der Waals surface area contributed by atoms with Crippen molar-refractivity contribution in [3.05, 3.63) is 59.8 Å². The van der Waals surface area contributed by atoms with Crippen LogP contribution in [0.5, 0.6) is 0 Å². The van der Waals surface area contributed by atoms with Gasteiger partial charge in [0.2, 0.25) is 11.8 Å². The second-order valence-electron chi connectivity index (χ2n) is 7.32. The van der Waals surface area contributed by atoms with Crippen molar-refractivity contribution in [1.29, 1.82) is 0 Å². The van der Waals surface area contributed by atoms with Gasteiger partial charge in [-0.05, 0) is 36.2 Å². The number of benzene rings is 1. The number of nitrogens with zero attached hydrogens (tertiary/aromatic N) is 3. The van der Waals surface area contributed by atoms with Crippen LogP contribution in [0.15, 0.2) is 53.7 Å². The van der Waals surface area contributed by atoms with Crippen LogP contribution in [-0.4, -0.2) is 64.7 Å². The number of carbonyl (C=O) groups is 3. The van der Waals surface area contributed by atoms with Gasteiger partial charge in [0, 0.05) is 37.1 Å². The quantitative estimate of drug-likeness (QED) is 0.757. The number of pyridine rings is 1. The van der Waals surface area contributed by atoms with Gasteiger partial charge in [-0.25, -0.2) is 4.98 Å². The average Bonchev–Trinajstić information content (AvgIpc) is 3.16. The van der Waals surface area contributed by atoms with Gasteiger partial charge in [-0.3, -0.25) is 14.4 Å². The lowest BCUT2D eigenvalue weighted by Crippen LogP contribution is -2.55. The van der Waals surface area contributed by atoms with Crippen LogP contribution in [0.2, 0.25) is 0 Å². The van der Waals surface area contributed by atoms with Crippen molar-refractivity contribution >= 4 is 29.5 Å². The van der Waals surface area contributed by atoms with Crippen LogP contribution in [-0.2, 0) is 15.3 Å². The number of amides is 3. The van der Waals surface area contributed by atoms with Gasteiger partial charge in [0.05, 0.1) is 11.6 Å². The van der Waals surface area contributed by atoms with E-state index < -0.39 is 6.04 Å². The molecule has 2 fully saturated rings. The lowest BCUT2D eigenvalue weighted by molar-refractivity contribution is -0.152. The van der Waals surface area contributed by atoms with Gasteiger partial charge in [-0.1, -0.05) is 18.2 Å². The SMILES string of the molecule is CN1CC(=O)N2CC(NC(=O)c3ccc(CSc4ccccn4)cc3)CC2C1=O. The summed E-state index contributed by atoms with van der Waals surface area (Å²) in [5.41, 5.74) is 1.67. The molecule has 2 aliphatic rings. The minimum absolute atomic E-state index is 0.0592. The second-order valence-corrected chi connectivity index (χ2v) is 8.31. The summed E-state index contributed by atoms with van der Waals surface area (Å²) in [7, 11) is 1.64. The van der Waals surface area contributed by atoms with E-state index in [0.29, 0.717) is 18.5 Å². The Hall–Kier alpha value is -2.87. The first-order valence-electron chi connectivity index (χ1n) is 9.49. The molecule has 0 bridgehead atoms. The summed E-state index contributed by atoms with van der Waals surface area (Å²) in [4.78, 5) is 44.3. The van der Waals surface area contributed by atoms with E-state index in [-0.39, 0.29) is 30.3 Å². The van der Waals surface area contributed by atoms with Crippen molar-refractivity contribution < 1.29 is 14.4 Å². The molecule has 2 aromatic rings. The summed E-state index contributed by atoms with van der Waals surface area (Å²) < 4.78 is 0. The number of hydrogen-bond donors (Lipinski definition) is 1. The first kappa shape index (κ1) is 19.4. The molecule has 150 valence electrons. The molecule has 2 atom stereocenters. The predicted molar refractivity (Wildman–Crippen MR) is 109 cm³/mol. The molecule has 1 aromatic carbocycles. The molecule has 3 amide bonds. The molecule has 2 saturated heterocycles. The van der Waals surface area contributed by atoms with E-state index in [4.69, 9.17) is 0 Å². The zero-order valence-electron chi connectivity index (χ0n) is 16.1. The number of likely N-dealkylation sites (N-methyl/N-ethyl adjacent to an activating group) is 1. The highest BCUT2D eigenvalue weighted by atomic mass is 32.2. The Bertz CT molecular complexity index is 919. The van der Waals surface area contributed by atoms with E-state index >= 15 is 0 Å². The number of fused-ring (bicyclic) bond motifs is 1. The molecule has 8 heteroatoms. The maximum atomic E-state index is 12.6. The van der Waals surface area contributed by atoms with Crippen LogP contribution >= 0.6 is 11.8 Å². The summed E-state index contributed by atoms with van der Waals surface area (Å²) >= 11 is 1.64. The van der Waals surface area contributed by atoms with Crippen LogP contribution in [0.1, 0.15) is 22.3 Å². The zero-order valence-corrected chi connectivity index (χ0v) is 16.9. The number of hydrogen-bond acceptors (Lipinski definition) is 5. The number of nitrogens with one attached hydrogen (secondary N) is 1. The molecule has 4 rings (SSSR count). The third-order valence-electron chi connectivity index (χ3n) is 5.23. The Morgan fingerprint density at radius 1 is 1.21 bits per heavy atom. The molecule has 2 aliphatic heterocycles. The first-order valence-corrected chi connectivity index (χ1v) is 10.5. The lowest BCUT2D eigenvalue weighted by atomic mass is 10.1. The second kappa shape index (κ2) is 8.24. The molecule has 0 saturated carbocycles. The Labute approximate surface area is 173 Å². The molecule has 7 nitrogen and oxygen atoms in total. The number of piperazine rings is 1. The summed E-state index contributed by atoms with van der Waals surface area (Å²) in [6.45, 7) is 0.488. The normalized spacial score (nSPS) is 21.3. The summed E-state index contributed by atoms with van der Waals surface area (Å²) in [5.74, 6) is 0.461. The predicted octanol–water partition coefficient (Wildman–Crippen LogP) is 1.55. The van der Waals surface area contributed by atoms with Gasteiger partial charge in [0.25, 0.3) is 5.91 Å². The fourth-order valence-corrected chi connectivity index (χ4v) is 4.50. The molecular weight excluding hydrogens is 388 g/mol. The Morgan fingerprint density at radius 3 is 2.72 bits per heavy atom. The minimum Gasteiger partial charge on any atom is -0.347 e. The van der Waals surface area contributed by atoms with E-state index in [1.807, 2.05) is 30.3 Å². The molecule has 29 heavy (non-hydrogen) atoms. The highest BCUT2D eigenvalue weighted by Crippen LogP contribution is 2.24. The molecule has 0 radical (unpaired) electrons. The summed E-state index contributed by atoms with van der Waals surface area (Å²) in [5, 5.41) is 3.93. The van der Waals surface area contributed by atoms with Crippen LogP contribution in [0.25, 0.3) is 0 Å². The first-order chi connectivity index (χ1) is 14.0. The molecule has 1 aromatic heterocycles. The Morgan fingerprint density at radius 2 is 2.00 bits per heavy atom. The molecule has 1 N–H and O–H groups in total. The number of thioether (sulfide) groups is 1. The van der Waals surface area contributed by atoms with Gasteiger partial charge in [0.15, 0.2) is 0 Å². The molecule has 0 spiro atoms. The minimum atomic E-state index is -0.461. The van der Waals surface area contributed by atoms with E-state index in [1.54, 1.807) is 42.0 Å². The van der Waals surface area contributed by atoms with E-state index in [1.165, 1.54) is 4.90 Å². The third-order valence-corrected chi connectivity index (χ3v) is 6.25. The molecule has 2 unspecified atom stereocenters. The van der Waals surface area contributed by atoms with Crippen molar-refractivity contribution in [2.24, 2.45) is 0 Å². The topological polar surface area (TPSA) is 82.6 Å². The molecule has 0 aliphatic carbocycles. The zero-order chi connectivity index (χ0) is 20.4. The van der Waals surface area contributed by atoms with E-state index in [9.17, 15) is 14.4 Å². The number of carbonyl (C=O) groups excluding carboxylic acids is 3. The van der Waals surface area contributed by atoms with Gasteiger partial charge in [-0.15, -0.1) is 11.8 Å². The summed E-state index contributed by atoms with van der Waals surface area (Å²) in [6, 6.07) is 12.6. The molecule has 3 heterocycles. The van der Waals surface area contributed by atoms with E-state index in [2.05, 4.69) is 10.3 Å². The standard InChI is InChI=1S/C21H22N4O3S/c1-24-12-19(26)25-11-16(10-17(25)21(24)28)23-20(27)15-7-5-14(6-8-15)13-29-18-4-2-3-9-22-18/h2-9,16-17H,10-13H2,1H3,(H,23,27). The van der Waals surface area contributed by atoms with Gasteiger partial charge < -0.3 is 15.1 Å². The van der Waals surface area contributed by atoms with Crippen LogP contribution < -0.4 is 5.32 Å². The monoisotopic (exact) mass is 410 g/mol. The van der Waals surface area contributed by atoms with Crippen molar-refractivity contribution in [2.75, 3.05) is 20.1 Å². The summed E-state index contributed by atoms with van der Waals surface area (Å²) in [6.07, 6.45) is 2.23. The maximum absolute atomic E-state index is 12.6. The van der Waals surface area contributed by atoms with Crippen molar-refractivity contribution in [3.63, 3.8) is 0 Å². The van der Waals surface area contributed by atoms with Gasteiger partial charge >= 0.3 is 0 Å². The Kier molecular flexibility index (Phi) is 5.53. The fraction of sp³-hybridized carbons (Fsp3) is 0.333. The smallest absolute Gasteiger partial charge is 0.251 e. The van der Waals surface area contributed by atoms with Crippen molar-refractivity contribution in [3.8, 4) is 0 Å². The number of rotatable bonds is 5. The Balaban J connectivity index is 1.33. The van der Waals surface area contributed by atoms with Gasteiger partial charge in [-0.2, -0.15) is 0 Å². The third kappa shape index (κ3) is 4.27. The highest BCUT2D eigenvalue weighted by Gasteiger charge is 2.44. The molecular formula is C21H22N4O3S. The lowest BCUT2D eigenvalue weighted by Gasteiger charge is -2.33. The average molecular weight is 410 g/mol.